The lowest BCUT2D eigenvalue weighted by molar-refractivity contribution is -0.136. The van der Waals surface area contributed by atoms with Crippen LogP contribution in [0.1, 0.15) is 37.1 Å². The molecule has 0 saturated heterocycles. The second-order valence-electron chi connectivity index (χ2n) is 7.39. The molecule has 1 N–H and O–H groups in total. The zero-order valence-corrected chi connectivity index (χ0v) is 18.2. The zero-order valence-electron chi connectivity index (χ0n) is 19.2. The lowest BCUT2D eigenvalue weighted by atomic mass is 10.1. The van der Waals surface area contributed by atoms with Gasteiger partial charge < -0.3 is 19.2 Å². The third-order valence-corrected chi connectivity index (χ3v) is 4.91. The SMILES string of the molecule is [2H]C(c1ccccc1OC/C=C(\C)CCC(=O)O)N(C)C(=O)c1ccc(-c2ccco2)cc1. The van der Waals surface area contributed by atoms with Crippen molar-refractivity contribution < 1.29 is 25.2 Å². The fourth-order valence-corrected chi connectivity index (χ4v) is 3.09. The number of allylic oxidation sites excluding steroid dienone is 1. The molecule has 3 aromatic rings. The van der Waals surface area contributed by atoms with Crippen LogP contribution in [0.15, 0.2) is 83.0 Å². The summed E-state index contributed by atoms with van der Waals surface area (Å²) in [4.78, 5) is 25.0. The van der Waals surface area contributed by atoms with Crippen molar-refractivity contribution in [3.8, 4) is 17.1 Å². The Hall–Kier alpha value is -3.80. The molecule has 0 aliphatic carbocycles. The van der Waals surface area contributed by atoms with Crippen LogP contribution >= 0.6 is 0 Å². The first-order valence-electron chi connectivity index (χ1n) is 10.9. The Bertz CT molecular complexity index is 1110. The van der Waals surface area contributed by atoms with E-state index >= 15 is 0 Å². The molecule has 6 heteroatoms. The number of benzene rings is 2. The van der Waals surface area contributed by atoms with E-state index in [0.29, 0.717) is 23.3 Å². The topological polar surface area (TPSA) is 80.0 Å². The number of hydrogen-bond acceptors (Lipinski definition) is 4. The van der Waals surface area contributed by atoms with E-state index in [2.05, 4.69) is 0 Å². The molecule has 6 nitrogen and oxygen atoms in total. The summed E-state index contributed by atoms with van der Waals surface area (Å²) in [5.74, 6) is 0.112. The molecule has 0 aliphatic rings. The highest BCUT2D eigenvalue weighted by molar-refractivity contribution is 5.94. The number of carbonyl (C=O) groups is 2. The summed E-state index contributed by atoms with van der Waals surface area (Å²) in [7, 11) is 1.59. The summed E-state index contributed by atoms with van der Waals surface area (Å²) in [6.07, 6.45) is 3.95. The van der Waals surface area contributed by atoms with Crippen molar-refractivity contribution in [2.75, 3.05) is 13.7 Å². The number of amides is 1. The van der Waals surface area contributed by atoms with Gasteiger partial charge in [0.2, 0.25) is 0 Å². The number of para-hydroxylation sites is 1. The highest BCUT2D eigenvalue weighted by Crippen LogP contribution is 2.23. The molecule has 3 rings (SSSR count). The average Bonchev–Trinajstić information content (AvgIpc) is 3.37. The Balaban J connectivity index is 1.67. The number of carboxylic acids is 1. The third-order valence-electron chi connectivity index (χ3n) is 4.91. The van der Waals surface area contributed by atoms with E-state index in [1.807, 2.05) is 37.3 Å². The summed E-state index contributed by atoms with van der Waals surface area (Å²) in [5, 5.41) is 8.78. The minimum Gasteiger partial charge on any atom is -0.489 e. The molecule has 1 aromatic heterocycles. The van der Waals surface area contributed by atoms with E-state index in [-0.39, 0.29) is 18.9 Å². The molecule has 32 heavy (non-hydrogen) atoms. The van der Waals surface area contributed by atoms with Crippen molar-refractivity contribution in [1.29, 1.82) is 0 Å². The highest BCUT2D eigenvalue weighted by Gasteiger charge is 2.14. The zero-order chi connectivity index (χ0) is 23.8. The van der Waals surface area contributed by atoms with Crippen LogP contribution in [0.3, 0.4) is 0 Å². The van der Waals surface area contributed by atoms with Crippen molar-refractivity contribution in [3.05, 3.63) is 89.7 Å². The average molecular weight is 435 g/mol. The molecule has 2 aromatic carbocycles. The molecule has 1 heterocycles. The maximum Gasteiger partial charge on any atom is 0.303 e. The van der Waals surface area contributed by atoms with Crippen LogP contribution in [-0.4, -0.2) is 35.5 Å². The molecule has 0 aliphatic heterocycles. The lowest BCUT2D eigenvalue weighted by Gasteiger charge is -2.19. The standard InChI is InChI=1S/C26H27NO5/c1-19(9-14-25(28)29)15-17-32-24-7-4-3-6-22(24)18-27(2)26(30)21-12-10-20(11-13-21)23-8-5-16-31-23/h3-8,10-13,15-16H,9,14,17-18H2,1-2H3,(H,28,29)/b19-15+/i18D. The Morgan fingerprint density at radius 1 is 1.09 bits per heavy atom. The van der Waals surface area contributed by atoms with Gasteiger partial charge in [0.05, 0.1) is 7.63 Å². The van der Waals surface area contributed by atoms with Crippen molar-refractivity contribution in [2.45, 2.75) is 26.3 Å². The second-order valence-corrected chi connectivity index (χ2v) is 7.39. The van der Waals surface area contributed by atoms with Gasteiger partial charge in [-0.25, -0.2) is 0 Å². The van der Waals surface area contributed by atoms with E-state index in [9.17, 15) is 9.59 Å². The molecule has 0 saturated carbocycles. The largest absolute Gasteiger partial charge is 0.489 e. The maximum absolute atomic E-state index is 13.0. The maximum atomic E-state index is 13.0. The number of carboxylic acid groups (broad SMARTS) is 1. The molecule has 0 spiro atoms. The molecule has 0 bridgehead atoms. The fourth-order valence-electron chi connectivity index (χ4n) is 3.09. The van der Waals surface area contributed by atoms with E-state index in [0.717, 1.165) is 16.9 Å². The lowest BCUT2D eigenvalue weighted by Crippen LogP contribution is -2.26. The van der Waals surface area contributed by atoms with Gasteiger partial charge in [-0.3, -0.25) is 9.59 Å². The molecule has 0 fully saturated rings. The van der Waals surface area contributed by atoms with Gasteiger partial charge in [-0.1, -0.05) is 35.9 Å². The van der Waals surface area contributed by atoms with Gasteiger partial charge in [0.25, 0.3) is 5.91 Å². The van der Waals surface area contributed by atoms with Gasteiger partial charge in [0.15, 0.2) is 0 Å². The Kier molecular flexibility index (Phi) is 7.37. The Labute approximate surface area is 189 Å². The van der Waals surface area contributed by atoms with E-state index in [1.54, 1.807) is 49.7 Å². The van der Waals surface area contributed by atoms with Crippen LogP contribution in [0.5, 0.6) is 5.75 Å². The molecule has 1 atom stereocenters. The number of furan rings is 1. The number of nitrogens with zero attached hydrogens (tertiary/aromatic N) is 1. The van der Waals surface area contributed by atoms with Gasteiger partial charge in [0, 0.05) is 36.7 Å². The molecule has 166 valence electrons. The minimum atomic E-state index is -0.962. The van der Waals surface area contributed by atoms with Crippen LogP contribution in [0.4, 0.5) is 0 Å². The molecular formula is C26H27NO5. The highest BCUT2D eigenvalue weighted by atomic mass is 16.5. The molecule has 1 amide bonds. The Morgan fingerprint density at radius 3 is 2.53 bits per heavy atom. The van der Waals surface area contributed by atoms with Crippen LogP contribution < -0.4 is 4.74 Å². The first kappa shape index (κ1) is 21.4. The van der Waals surface area contributed by atoms with Crippen molar-refractivity contribution in [3.63, 3.8) is 0 Å². The van der Waals surface area contributed by atoms with E-state index in [1.165, 1.54) is 4.90 Å². The number of carbonyl (C=O) groups excluding carboxylic acids is 1. The van der Waals surface area contributed by atoms with Crippen molar-refractivity contribution in [1.82, 2.24) is 4.90 Å². The van der Waals surface area contributed by atoms with Crippen LogP contribution in [-0.2, 0) is 11.3 Å². The predicted octanol–water partition coefficient (Wildman–Crippen LogP) is 5.41. The molecular weight excluding hydrogens is 406 g/mol. The first-order chi connectivity index (χ1) is 15.9. The van der Waals surface area contributed by atoms with Gasteiger partial charge in [-0.15, -0.1) is 0 Å². The summed E-state index contributed by atoms with van der Waals surface area (Å²) < 4.78 is 19.9. The van der Waals surface area contributed by atoms with Gasteiger partial charge >= 0.3 is 5.97 Å². The van der Waals surface area contributed by atoms with Gasteiger partial charge in [0.1, 0.15) is 18.1 Å². The monoisotopic (exact) mass is 434 g/mol. The van der Waals surface area contributed by atoms with Crippen LogP contribution in [0, 0.1) is 0 Å². The fraction of sp³-hybridized carbons (Fsp3) is 0.231. The van der Waals surface area contributed by atoms with E-state index in [4.69, 9.17) is 15.6 Å². The van der Waals surface area contributed by atoms with Crippen LogP contribution in [0.25, 0.3) is 11.3 Å². The second kappa shape index (κ2) is 11.0. The number of hydrogen-bond donors (Lipinski definition) is 1. The Morgan fingerprint density at radius 2 is 1.84 bits per heavy atom. The molecule has 1 unspecified atom stereocenters. The number of ether oxygens (including phenoxy) is 1. The van der Waals surface area contributed by atoms with Crippen molar-refractivity contribution >= 4 is 11.9 Å². The smallest absolute Gasteiger partial charge is 0.303 e. The normalized spacial score (nSPS) is 12.7. The number of rotatable bonds is 10. The summed E-state index contributed by atoms with van der Waals surface area (Å²) in [5.41, 5.74) is 2.83. The minimum absolute atomic E-state index is 0.0725. The summed E-state index contributed by atoms with van der Waals surface area (Å²) in [6, 6.07) is 17.8. The third kappa shape index (κ3) is 6.35. The summed E-state index contributed by atoms with van der Waals surface area (Å²) in [6.45, 7) is 1.14. The number of aliphatic carboxylic acids is 1. The van der Waals surface area contributed by atoms with Gasteiger partial charge in [-0.05, 0) is 49.8 Å². The molecule has 0 radical (unpaired) electrons. The quantitative estimate of drug-likeness (QED) is 0.432. The first-order valence-corrected chi connectivity index (χ1v) is 10.3. The van der Waals surface area contributed by atoms with Gasteiger partial charge in [-0.2, -0.15) is 0 Å². The van der Waals surface area contributed by atoms with Crippen molar-refractivity contribution in [2.24, 2.45) is 0 Å². The van der Waals surface area contributed by atoms with Crippen LogP contribution in [0.2, 0.25) is 0 Å². The predicted molar refractivity (Wildman–Crippen MR) is 123 cm³/mol. The summed E-state index contributed by atoms with van der Waals surface area (Å²) >= 11 is 0. The van der Waals surface area contributed by atoms with E-state index < -0.39 is 12.5 Å².